The van der Waals surface area contributed by atoms with E-state index in [0.717, 1.165) is 36.5 Å². The second-order valence-electron chi connectivity index (χ2n) is 10.8. The van der Waals surface area contributed by atoms with Gasteiger partial charge >= 0.3 is 0 Å². The average Bonchev–Trinajstić information content (AvgIpc) is 3.54. The van der Waals surface area contributed by atoms with Gasteiger partial charge < -0.3 is 15.4 Å². The molecule has 0 saturated heterocycles. The molecule has 2 N–H and O–H groups in total. The lowest BCUT2D eigenvalue weighted by molar-refractivity contribution is -0.121. The quantitative estimate of drug-likeness (QED) is 0.205. The van der Waals surface area contributed by atoms with Crippen LogP contribution < -0.4 is 15.4 Å². The largest absolute Gasteiger partial charge is 0.496 e. The summed E-state index contributed by atoms with van der Waals surface area (Å²) in [7, 11) is 1.54. The molecule has 3 aromatic rings. The van der Waals surface area contributed by atoms with Gasteiger partial charge in [0.15, 0.2) is 0 Å². The topological polar surface area (TPSA) is 67.4 Å². The maximum Gasteiger partial charge on any atom is 0.295 e. The molecule has 2 amide bonds. The Kier molecular flexibility index (Phi) is 8.23. The number of alkyl halides is 2. The minimum atomic E-state index is -2.93. The van der Waals surface area contributed by atoms with Crippen molar-refractivity contribution in [3.05, 3.63) is 89.5 Å². The number of nitrogens with one attached hydrogen (secondary N) is 2. The Labute approximate surface area is 243 Å². The van der Waals surface area contributed by atoms with Crippen LogP contribution in [0.3, 0.4) is 0 Å². The molecule has 1 fully saturated rings. The fourth-order valence-electron chi connectivity index (χ4n) is 5.97. The smallest absolute Gasteiger partial charge is 0.295 e. The zero-order chi connectivity index (χ0) is 29.3. The van der Waals surface area contributed by atoms with Crippen LogP contribution in [-0.2, 0) is 11.2 Å². The number of allylic oxidation sites excluding steroid dienone is 1. The number of fused-ring (bicyclic) bond motifs is 2. The molecule has 41 heavy (non-hydrogen) atoms. The van der Waals surface area contributed by atoms with E-state index in [0.29, 0.717) is 33.7 Å². The number of anilines is 1. The highest BCUT2D eigenvalue weighted by molar-refractivity contribution is 8.00. The van der Waals surface area contributed by atoms with Crippen LogP contribution in [-0.4, -0.2) is 30.2 Å². The zero-order valence-electron chi connectivity index (χ0n) is 23.5. The molecule has 5 nitrogen and oxygen atoms in total. The van der Waals surface area contributed by atoms with E-state index in [1.54, 1.807) is 31.4 Å². The van der Waals surface area contributed by atoms with Crippen molar-refractivity contribution < 1.29 is 23.1 Å². The number of ether oxygens (including phenoxy) is 1. The number of halogens is 2. The lowest BCUT2D eigenvalue weighted by atomic mass is 9.87. The van der Waals surface area contributed by atoms with Crippen LogP contribution in [0.15, 0.2) is 77.7 Å². The van der Waals surface area contributed by atoms with Gasteiger partial charge in [-0.15, -0.1) is 0 Å². The van der Waals surface area contributed by atoms with Crippen molar-refractivity contribution >= 4 is 29.3 Å². The second-order valence-corrected chi connectivity index (χ2v) is 12.2. The van der Waals surface area contributed by atoms with E-state index in [2.05, 4.69) is 35.8 Å². The van der Waals surface area contributed by atoms with Crippen LogP contribution in [0, 0.1) is 24.7 Å². The standard InChI is InChI=1S/C33H34F2N2O3S/c1-5-20-8-6-9-21(15-20)26-18-27(28(40-4)14-19(26)2)31(38)37-30-23-13-12-22(16-23)29(30)32(39)36-24-10-7-11-25(17-24)41-33(3,34)35/h6-15,17-18,22-23,29-30H,5,16H2,1-4H3,(H,36,39)(H,37,38)/t22-,23+,29+,30-/m1/s1. The first kappa shape index (κ1) is 28.9. The van der Waals surface area contributed by atoms with E-state index in [4.69, 9.17) is 4.74 Å². The van der Waals surface area contributed by atoms with E-state index in [9.17, 15) is 18.4 Å². The minimum absolute atomic E-state index is 0.0184. The second kappa shape index (κ2) is 11.7. The molecule has 2 aliphatic carbocycles. The zero-order valence-corrected chi connectivity index (χ0v) is 24.4. The third-order valence-electron chi connectivity index (χ3n) is 7.90. The number of amides is 2. The summed E-state index contributed by atoms with van der Waals surface area (Å²) in [5.74, 6) is -0.563. The normalized spacial score (nSPS) is 21.1. The van der Waals surface area contributed by atoms with E-state index in [1.165, 1.54) is 5.56 Å². The van der Waals surface area contributed by atoms with Crippen LogP contribution >= 0.6 is 11.8 Å². The van der Waals surface area contributed by atoms with Crippen LogP contribution in [0.4, 0.5) is 14.5 Å². The molecule has 2 bridgehead atoms. The van der Waals surface area contributed by atoms with Crippen molar-refractivity contribution in [2.45, 2.75) is 49.8 Å². The molecule has 0 spiro atoms. The monoisotopic (exact) mass is 576 g/mol. The van der Waals surface area contributed by atoms with E-state index < -0.39 is 17.2 Å². The fraction of sp³-hybridized carbons (Fsp3) is 0.333. The third-order valence-corrected chi connectivity index (χ3v) is 8.74. The maximum atomic E-state index is 13.8. The fourth-order valence-corrected chi connectivity index (χ4v) is 6.72. The number of carbonyl (C=O) groups excluding carboxylic acids is 2. The van der Waals surface area contributed by atoms with Crippen molar-refractivity contribution in [2.75, 3.05) is 12.4 Å². The number of thioether (sulfide) groups is 1. The van der Waals surface area contributed by atoms with Crippen molar-refractivity contribution in [2.24, 2.45) is 17.8 Å². The summed E-state index contributed by atoms with van der Waals surface area (Å²) in [6.07, 6.45) is 5.77. The lowest BCUT2D eigenvalue weighted by Gasteiger charge is -2.28. The van der Waals surface area contributed by atoms with E-state index in [1.807, 2.05) is 37.3 Å². The summed E-state index contributed by atoms with van der Waals surface area (Å²) in [5.41, 5.74) is 5.03. The van der Waals surface area contributed by atoms with Crippen molar-refractivity contribution in [1.29, 1.82) is 0 Å². The van der Waals surface area contributed by atoms with Gasteiger partial charge in [0.1, 0.15) is 5.75 Å². The summed E-state index contributed by atoms with van der Waals surface area (Å²) >= 11 is 0.434. The van der Waals surface area contributed by atoms with Gasteiger partial charge in [0.05, 0.1) is 18.6 Å². The number of carbonyl (C=O) groups is 2. The minimum Gasteiger partial charge on any atom is -0.496 e. The van der Waals surface area contributed by atoms with Crippen LogP contribution in [0.2, 0.25) is 0 Å². The molecule has 0 unspecified atom stereocenters. The van der Waals surface area contributed by atoms with Gasteiger partial charge in [-0.3, -0.25) is 9.59 Å². The first-order valence-corrected chi connectivity index (χ1v) is 14.6. The number of rotatable bonds is 9. The molecule has 3 aromatic carbocycles. The molecule has 8 heteroatoms. The van der Waals surface area contributed by atoms with Gasteiger partial charge in [0.2, 0.25) is 5.91 Å². The van der Waals surface area contributed by atoms with Gasteiger partial charge in [0, 0.05) is 23.5 Å². The highest BCUT2D eigenvalue weighted by Crippen LogP contribution is 2.45. The Morgan fingerprint density at radius 3 is 2.54 bits per heavy atom. The first-order chi connectivity index (χ1) is 19.6. The molecule has 1 saturated carbocycles. The summed E-state index contributed by atoms with van der Waals surface area (Å²) in [6.45, 7) is 4.94. The number of methoxy groups -OCH3 is 1. The predicted molar refractivity (Wildman–Crippen MR) is 160 cm³/mol. The van der Waals surface area contributed by atoms with Gasteiger partial charge in [-0.05, 0) is 84.2 Å². The lowest BCUT2D eigenvalue weighted by Crippen LogP contribution is -2.47. The van der Waals surface area contributed by atoms with Gasteiger partial charge in [-0.25, -0.2) is 0 Å². The van der Waals surface area contributed by atoms with Crippen LogP contribution in [0.5, 0.6) is 5.75 Å². The number of aryl methyl sites for hydroxylation is 2. The molecular weight excluding hydrogens is 542 g/mol. The highest BCUT2D eigenvalue weighted by Gasteiger charge is 2.49. The molecular formula is C33H34F2N2O3S. The van der Waals surface area contributed by atoms with E-state index >= 15 is 0 Å². The molecule has 0 aliphatic heterocycles. The van der Waals surface area contributed by atoms with Crippen LogP contribution in [0.1, 0.15) is 41.8 Å². The highest BCUT2D eigenvalue weighted by atomic mass is 32.2. The van der Waals surface area contributed by atoms with Crippen molar-refractivity contribution in [3.63, 3.8) is 0 Å². The van der Waals surface area contributed by atoms with Gasteiger partial charge in [0.25, 0.3) is 11.2 Å². The van der Waals surface area contributed by atoms with Crippen molar-refractivity contribution in [1.82, 2.24) is 5.32 Å². The molecule has 5 rings (SSSR count). The Hall–Kier alpha value is -3.65. The van der Waals surface area contributed by atoms with Crippen molar-refractivity contribution in [3.8, 4) is 16.9 Å². The van der Waals surface area contributed by atoms with E-state index in [-0.39, 0.29) is 23.7 Å². The number of hydrogen-bond acceptors (Lipinski definition) is 4. The Morgan fingerprint density at radius 1 is 1.05 bits per heavy atom. The molecule has 0 aromatic heterocycles. The Balaban J connectivity index is 1.38. The summed E-state index contributed by atoms with van der Waals surface area (Å²) in [6, 6.07) is 18.0. The summed E-state index contributed by atoms with van der Waals surface area (Å²) in [5, 5.41) is 3.12. The Morgan fingerprint density at radius 2 is 1.80 bits per heavy atom. The first-order valence-electron chi connectivity index (χ1n) is 13.8. The average molecular weight is 577 g/mol. The Bertz CT molecular complexity index is 1500. The summed E-state index contributed by atoms with van der Waals surface area (Å²) < 4.78 is 32.6. The number of benzene rings is 3. The SMILES string of the molecule is CCc1cccc(-c2cc(C(=O)N[C@H]3[C@@H](C(=O)Nc4cccc(SC(C)(F)F)c4)[C@@H]4C=C[C@H]3C4)c(OC)cc2C)c1. The van der Waals surface area contributed by atoms with Gasteiger partial charge in [-0.1, -0.05) is 61.2 Å². The molecule has 0 heterocycles. The predicted octanol–water partition coefficient (Wildman–Crippen LogP) is 7.50. The molecule has 214 valence electrons. The molecule has 2 aliphatic rings. The molecule has 4 atom stereocenters. The maximum absolute atomic E-state index is 13.8. The molecule has 0 radical (unpaired) electrons. The van der Waals surface area contributed by atoms with Crippen LogP contribution in [0.25, 0.3) is 11.1 Å². The van der Waals surface area contributed by atoms with Gasteiger partial charge in [-0.2, -0.15) is 8.78 Å². The third kappa shape index (κ3) is 6.32. The summed E-state index contributed by atoms with van der Waals surface area (Å²) in [4.78, 5) is 27.6. The number of hydrogen-bond donors (Lipinski definition) is 2.